The number of hydrogen-bond acceptors (Lipinski definition) is 3. The van der Waals surface area contributed by atoms with E-state index in [1.807, 2.05) is 18.2 Å². The predicted molar refractivity (Wildman–Crippen MR) is 87.8 cm³/mol. The SMILES string of the molecule is O=C(NN1CCN(C(=O)c2ccccc2)CC1)c1ccc(F)cc1. The van der Waals surface area contributed by atoms with Gasteiger partial charge in [0.25, 0.3) is 11.8 Å². The second kappa shape index (κ2) is 7.23. The van der Waals surface area contributed by atoms with Crippen LogP contribution >= 0.6 is 0 Å². The molecule has 24 heavy (non-hydrogen) atoms. The zero-order valence-electron chi connectivity index (χ0n) is 13.1. The first-order valence-corrected chi connectivity index (χ1v) is 7.79. The molecule has 3 rings (SSSR count). The molecular weight excluding hydrogens is 309 g/mol. The maximum Gasteiger partial charge on any atom is 0.265 e. The number of hydrazine groups is 1. The van der Waals surface area contributed by atoms with Gasteiger partial charge in [-0.2, -0.15) is 0 Å². The smallest absolute Gasteiger partial charge is 0.265 e. The number of halogens is 1. The maximum absolute atomic E-state index is 12.9. The second-order valence-electron chi connectivity index (χ2n) is 5.59. The lowest BCUT2D eigenvalue weighted by molar-refractivity contribution is 0.0505. The summed E-state index contributed by atoms with van der Waals surface area (Å²) in [6, 6.07) is 14.5. The van der Waals surface area contributed by atoms with Crippen molar-refractivity contribution in [2.75, 3.05) is 26.2 Å². The summed E-state index contributed by atoms with van der Waals surface area (Å²) in [7, 11) is 0. The second-order valence-corrected chi connectivity index (χ2v) is 5.59. The standard InChI is InChI=1S/C18H18FN3O2/c19-16-8-6-14(7-9-16)17(23)20-22-12-10-21(11-13-22)18(24)15-4-2-1-3-5-15/h1-9H,10-13H2,(H,20,23). The Hall–Kier alpha value is -2.73. The van der Waals surface area contributed by atoms with Gasteiger partial charge in [-0.15, -0.1) is 0 Å². The van der Waals surface area contributed by atoms with Gasteiger partial charge in [-0.1, -0.05) is 18.2 Å². The summed E-state index contributed by atoms with van der Waals surface area (Å²) in [5.74, 6) is -0.655. The zero-order valence-corrected chi connectivity index (χ0v) is 13.1. The van der Waals surface area contributed by atoms with Crippen LogP contribution in [-0.2, 0) is 0 Å². The Bertz CT molecular complexity index is 711. The molecule has 5 nitrogen and oxygen atoms in total. The fraction of sp³-hybridized carbons (Fsp3) is 0.222. The van der Waals surface area contributed by atoms with Gasteiger partial charge in [0, 0.05) is 37.3 Å². The van der Waals surface area contributed by atoms with Crippen LogP contribution in [0.1, 0.15) is 20.7 Å². The van der Waals surface area contributed by atoms with E-state index < -0.39 is 0 Å². The Morgan fingerprint density at radius 1 is 0.833 bits per heavy atom. The number of benzene rings is 2. The van der Waals surface area contributed by atoms with Crippen molar-refractivity contribution in [3.63, 3.8) is 0 Å². The molecule has 6 heteroatoms. The molecule has 2 aromatic carbocycles. The fourth-order valence-corrected chi connectivity index (χ4v) is 2.59. The van der Waals surface area contributed by atoms with Crippen molar-refractivity contribution in [1.82, 2.24) is 15.3 Å². The monoisotopic (exact) mass is 327 g/mol. The van der Waals surface area contributed by atoms with Gasteiger partial charge in [0.05, 0.1) is 0 Å². The molecule has 2 amide bonds. The van der Waals surface area contributed by atoms with Crippen LogP contribution in [0, 0.1) is 5.82 Å². The van der Waals surface area contributed by atoms with Gasteiger partial charge >= 0.3 is 0 Å². The minimum atomic E-state index is -0.375. The van der Waals surface area contributed by atoms with Crippen molar-refractivity contribution in [3.8, 4) is 0 Å². The summed E-state index contributed by atoms with van der Waals surface area (Å²) in [5, 5.41) is 1.78. The summed E-state index contributed by atoms with van der Waals surface area (Å²) in [4.78, 5) is 26.2. The number of rotatable bonds is 3. The number of nitrogens with zero attached hydrogens (tertiary/aromatic N) is 2. The van der Waals surface area contributed by atoms with Crippen molar-refractivity contribution in [2.24, 2.45) is 0 Å². The van der Waals surface area contributed by atoms with Crippen LogP contribution in [-0.4, -0.2) is 47.9 Å². The average Bonchev–Trinajstić information content (AvgIpc) is 2.63. The summed E-state index contributed by atoms with van der Waals surface area (Å²) < 4.78 is 12.9. The van der Waals surface area contributed by atoms with Gasteiger partial charge in [-0.05, 0) is 36.4 Å². The summed E-state index contributed by atoms with van der Waals surface area (Å²) in [6.07, 6.45) is 0. The lowest BCUT2D eigenvalue weighted by Crippen LogP contribution is -2.54. The molecule has 0 spiro atoms. The van der Waals surface area contributed by atoms with Crippen LogP contribution in [0.25, 0.3) is 0 Å². The highest BCUT2D eigenvalue weighted by Crippen LogP contribution is 2.08. The molecule has 1 aliphatic heterocycles. The van der Waals surface area contributed by atoms with E-state index in [0.717, 1.165) is 0 Å². The molecule has 1 fully saturated rings. The van der Waals surface area contributed by atoms with Gasteiger partial charge in [-0.3, -0.25) is 15.0 Å². The molecule has 0 aromatic heterocycles. The molecular formula is C18H18FN3O2. The fourth-order valence-electron chi connectivity index (χ4n) is 2.59. The molecule has 1 aliphatic rings. The van der Waals surface area contributed by atoms with Crippen LogP contribution in [0.15, 0.2) is 54.6 Å². The summed E-state index contributed by atoms with van der Waals surface area (Å²) in [5.41, 5.74) is 3.86. The number of piperazine rings is 1. The minimum absolute atomic E-state index is 0.000103. The van der Waals surface area contributed by atoms with Crippen molar-refractivity contribution in [2.45, 2.75) is 0 Å². The highest BCUT2D eigenvalue weighted by Gasteiger charge is 2.23. The third-order valence-corrected chi connectivity index (χ3v) is 3.95. The third-order valence-electron chi connectivity index (χ3n) is 3.95. The number of hydrogen-bond donors (Lipinski definition) is 1. The van der Waals surface area contributed by atoms with Gasteiger partial charge in [0.15, 0.2) is 0 Å². The molecule has 0 atom stereocenters. The number of amides is 2. The highest BCUT2D eigenvalue weighted by atomic mass is 19.1. The predicted octanol–water partition coefficient (Wildman–Crippen LogP) is 1.93. The third kappa shape index (κ3) is 3.78. The molecule has 0 radical (unpaired) electrons. The number of carbonyl (C=O) groups excluding carboxylic acids is 2. The molecule has 0 bridgehead atoms. The molecule has 1 N–H and O–H groups in total. The lowest BCUT2D eigenvalue weighted by atomic mass is 10.2. The quantitative estimate of drug-likeness (QED) is 0.937. The molecule has 0 aliphatic carbocycles. The number of carbonyl (C=O) groups is 2. The first kappa shape index (κ1) is 16.1. The van der Waals surface area contributed by atoms with Crippen molar-refractivity contribution >= 4 is 11.8 Å². The van der Waals surface area contributed by atoms with Gasteiger partial charge in [0.1, 0.15) is 5.82 Å². The zero-order chi connectivity index (χ0) is 16.9. The molecule has 1 saturated heterocycles. The van der Waals surface area contributed by atoms with Crippen molar-refractivity contribution in [1.29, 1.82) is 0 Å². The van der Waals surface area contributed by atoms with Gasteiger partial charge in [-0.25, -0.2) is 9.40 Å². The van der Waals surface area contributed by atoms with Crippen molar-refractivity contribution in [3.05, 3.63) is 71.5 Å². The topological polar surface area (TPSA) is 52.7 Å². The first-order chi connectivity index (χ1) is 11.6. The average molecular weight is 327 g/mol. The van der Waals surface area contributed by atoms with Crippen LogP contribution in [0.5, 0.6) is 0 Å². The van der Waals surface area contributed by atoms with E-state index in [1.165, 1.54) is 24.3 Å². The maximum atomic E-state index is 12.9. The minimum Gasteiger partial charge on any atom is -0.336 e. The van der Waals surface area contributed by atoms with Crippen LogP contribution in [0.4, 0.5) is 4.39 Å². The molecule has 0 saturated carbocycles. The Labute approximate surface area is 139 Å². The molecule has 0 unspecified atom stereocenters. The number of nitrogens with one attached hydrogen (secondary N) is 1. The van der Waals surface area contributed by atoms with E-state index in [4.69, 9.17) is 0 Å². The van der Waals surface area contributed by atoms with Crippen LogP contribution in [0.3, 0.4) is 0 Å². The first-order valence-electron chi connectivity index (χ1n) is 7.79. The van der Waals surface area contributed by atoms with Crippen LogP contribution in [0.2, 0.25) is 0 Å². The Morgan fingerprint density at radius 2 is 1.46 bits per heavy atom. The van der Waals surface area contributed by atoms with Gasteiger partial charge < -0.3 is 4.90 Å². The Balaban J connectivity index is 1.53. The van der Waals surface area contributed by atoms with E-state index in [2.05, 4.69) is 5.43 Å². The normalized spacial score (nSPS) is 15.1. The highest BCUT2D eigenvalue weighted by molar-refractivity contribution is 5.94. The lowest BCUT2D eigenvalue weighted by Gasteiger charge is -2.34. The molecule has 124 valence electrons. The Morgan fingerprint density at radius 3 is 2.08 bits per heavy atom. The summed E-state index contributed by atoms with van der Waals surface area (Å²) >= 11 is 0. The summed E-state index contributed by atoms with van der Waals surface area (Å²) in [6.45, 7) is 2.17. The molecule has 2 aromatic rings. The van der Waals surface area contributed by atoms with E-state index in [-0.39, 0.29) is 17.6 Å². The van der Waals surface area contributed by atoms with E-state index in [1.54, 1.807) is 22.0 Å². The Kier molecular flexibility index (Phi) is 4.86. The van der Waals surface area contributed by atoms with E-state index >= 15 is 0 Å². The van der Waals surface area contributed by atoms with Crippen LogP contribution < -0.4 is 5.43 Å². The largest absolute Gasteiger partial charge is 0.336 e. The van der Waals surface area contributed by atoms with Crippen molar-refractivity contribution < 1.29 is 14.0 Å². The van der Waals surface area contributed by atoms with Gasteiger partial charge in [0.2, 0.25) is 0 Å². The molecule has 1 heterocycles. The van der Waals surface area contributed by atoms with E-state index in [9.17, 15) is 14.0 Å². The van der Waals surface area contributed by atoms with E-state index in [0.29, 0.717) is 37.3 Å².